The fraction of sp³-hybridized carbons (Fsp3) is 0.269. The highest BCUT2D eigenvalue weighted by Crippen LogP contribution is 2.48. The van der Waals surface area contributed by atoms with E-state index < -0.39 is 5.41 Å². The molecule has 0 saturated heterocycles. The Balaban J connectivity index is 1.35. The summed E-state index contributed by atoms with van der Waals surface area (Å²) >= 11 is 0. The number of carbonyl (C=O) groups is 1. The van der Waals surface area contributed by atoms with Crippen molar-refractivity contribution in [3.63, 3.8) is 0 Å². The summed E-state index contributed by atoms with van der Waals surface area (Å²) in [6.07, 6.45) is 3.42. The highest BCUT2D eigenvalue weighted by molar-refractivity contribution is 5.91. The molecule has 0 unspecified atom stereocenters. The van der Waals surface area contributed by atoms with E-state index in [-0.39, 0.29) is 11.6 Å². The first kappa shape index (κ1) is 20.2. The smallest absolute Gasteiger partial charge is 0.330 e. The largest absolute Gasteiger partial charge is 0.354 e. The monoisotopic (exact) mass is 426 g/mol. The molecule has 1 aliphatic rings. The Bertz CT molecular complexity index is 1330. The summed E-state index contributed by atoms with van der Waals surface area (Å²) in [4.78, 5) is 30.6. The van der Waals surface area contributed by atoms with Crippen LogP contribution in [0.4, 0.5) is 0 Å². The van der Waals surface area contributed by atoms with Crippen LogP contribution < -0.4 is 11.0 Å². The molecule has 1 saturated carbocycles. The van der Waals surface area contributed by atoms with E-state index in [2.05, 4.69) is 16.4 Å². The van der Waals surface area contributed by atoms with Crippen LogP contribution in [-0.4, -0.2) is 26.6 Å². The number of benzene rings is 2. The molecule has 1 N–H and O–H groups in total. The summed E-state index contributed by atoms with van der Waals surface area (Å²) in [5, 5.41) is 3.06. The third-order valence-corrected chi connectivity index (χ3v) is 6.33. The average molecular weight is 427 g/mol. The van der Waals surface area contributed by atoms with Crippen molar-refractivity contribution in [1.29, 1.82) is 0 Å². The molecule has 1 amide bonds. The summed E-state index contributed by atoms with van der Waals surface area (Å²) in [5.74, 6) is 0.0354. The second kappa shape index (κ2) is 8.11. The SMILES string of the molecule is Cc1cccc(Cn2c(=O)n(CCNC(=O)C3(c4ccccc4)CC3)c3ncccc32)c1. The molecular weight excluding hydrogens is 400 g/mol. The van der Waals surface area contributed by atoms with Crippen molar-refractivity contribution in [2.24, 2.45) is 0 Å². The molecule has 5 rings (SSSR count). The molecule has 1 fully saturated rings. The molecule has 32 heavy (non-hydrogen) atoms. The molecule has 2 heterocycles. The Hall–Kier alpha value is -3.67. The predicted molar refractivity (Wildman–Crippen MR) is 125 cm³/mol. The normalized spacial score (nSPS) is 14.4. The average Bonchev–Trinajstić information content (AvgIpc) is 3.59. The van der Waals surface area contributed by atoms with E-state index in [1.54, 1.807) is 15.3 Å². The van der Waals surface area contributed by atoms with Gasteiger partial charge < -0.3 is 5.32 Å². The molecule has 6 nitrogen and oxygen atoms in total. The first-order chi connectivity index (χ1) is 15.6. The number of amides is 1. The standard InChI is InChI=1S/C26H26N4O2/c1-19-7-5-8-20(17-19)18-30-22-11-6-14-27-23(22)29(25(30)32)16-15-28-24(31)26(12-13-26)21-9-3-2-4-10-21/h2-11,14,17H,12-13,15-16,18H2,1H3,(H,28,31). The van der Waals surface area contributed by atoms with E-state index in [4.69, 9.17) is 0 Å². The molecule has 162 valence electrons. The number of carbonyl (C=O) groups excluding carboxylic acids is 1. The number of pyridine rings is 1. The minimum Gasteiger partial charge on any atom is -0.354 e. The summed E-state index contributed by atoms with van der Waals surface area (Å²) in [7, 11) is 0. The Kier molecular flexibility index (Phi) is 5.13. The van der Waals surface area contributed by atoms with Gasteiger partial charge >= 0.3 is 5.69 Å². The quantitative estimate of drug-likeness (QED) is 0.492. The third-order valence-electron chi connectivity index (χ3n) is 6.33. The number of rotatable bonds is 7. The number of aromatic nitrogens is 3. The van der Waals surface area contributed by atoms with E-state index in [9.17, 15) is 9.59 Å². The van der Waals surface area contributed by atoms with Gasteiger partial charge in [-0.3, -0.25) is 13.9 Å². The number of imidazole rings is 1. The second-order valence-electron chi connectivity index (χ2n) is 8.56. The van der Waals surface area contributed by atoms with Crippen LogP contribution in [-0.2, 0) is 23.3 Å². The number of nitrogens with zero attached hydrogens (tertiary/aromatic N) is 3. The molecule has 6 heteroatoms. The minimum atomic E-state index is -0.413. The molecule has 0 bridgehead atoms. The minimum absolute atomic E-state index is 0.0354. The molecular formula is C26H26N4O2. The Morgan fingerprint density at radius 2 is 1.84 bits per heavy atom. The first-order valence-electron chi connectivity index (χ1n) is 11.0. The van der Waals surface area contributed by atoms with Crippen molar-refractivity contribution in [3.8, 4) is 0 Å². The Morgan fingerprint density at radius 1 is 1.03 bits per heavy atom. The number of aryl methyl sites for hydroxylation is 1. The van der Waals surface area contributed by atoms with Crippen molar-refractivity contribution in [3.05, 3.63) is 100 Å². The maximum absolute atomic E-state index is 13.3. The number of nitrogens with one attached hydrogen (secondary N) is 1. The van der Waals surface area contributed by atoms with E-state index >= 15 is 0 Å². The molecule has 4 aromatic rings. The lowest BCUT2D eigenvalue weighted by Crippen LogP contribution is -2.38. The summed E-state index contributed by atoms with van der Waals surface area (Å²) in [5.41, 5.74) is 4.21. The van der Waals surface area contributed by atoms with Gasteiger partial charge in [-0.2, -0.15) is 0 Å². The fourth-order valence-corrected chi connectivity index (χ4v) is 4.47. The molecule has 2 aromatic heterocycles. The Morgan fingerprint density at radius 3 is 2.59 bits per heavy atom. The molecule has 0 atom stereocenters. The number of fused-ring (bicyclic) bond motifs is 1. The van der Waals surface area contributed by atoms with Gasteiger partial charge in [0.05, 0.1) is 17.5 Å². The van der Waals surface area contributed by atoms with Crippen molar-refractivity contribution in [2.45, 2.75) is 38.3 Å². The lowest BCUT2D eigenvalue weighted by atomic mass is 9.95. The lowest BCUT2D eigenvalue weighted by molar-refractivity contribution is -0.123. The van der Waals surface area contributed by atoms with Gasteiger partial charge in [-0.05, 0) is 43.0 Å². The van der Waals surface area contributed by atoms with Gasteiger partial charge in [0, 0.05) is 19.3 Å². The maximum atomic E-state index is 13.3. The van der Waals surface area contributed by atoms with Gasteiger partial charge in [0.15, 0.2) is 5.65 Å². The lowest BCUT2D eigenvalue weighted by Gasteiger charge is -2.15. The van der Waals surface area contributed by atoms with Gasteiger partial charge in [-0.25, -0.2) is 9.78 Å². The van der Waals surface area contributed by atoms with Gasteiger partial charge in [0.2, 0.25) is 5.91 Å². The van der Waals surface area contributed by atoms with Crippen LogP contribution in [0.1, 0.15) is 29.5 Å². The zero-order valence-electron chi connectivity index (χ0n) is 18.1. The molecule has 0 spiro atoms. The van der Waals surface area contributed by atoms with Crippen molar-refractivity contribution in [1.82, 2.24) is 19.4 Å². The van der Waals surface area contributed by atoms with E-state index in [0.29, 0.717) is 25.3 Å². The van der Waals surface area contributed by atoms with E-state index in [1.165, 1.54) is 0 Å². The number of hydrogen-bond donors (Lipinski definition) is 1. The molecule has 0 aliphatic heterocycles. The first-order valence-corrected chi connectivity index (χ1v) is 11.0. The fourth-order valence-electron chi connectivity index (χ4n) is 4.47. The zero-order valence-corrected chi connectivity index (χ0v) is 18.1. The topological polar surface area (TPSA) is 68.9 Å². The van der Waals surface area contributed by atoms with E-state index in [0.717, 1.165) is 35.0 Å². The summed E-state index contributed by atoms with van der Waals surface area (Å²) in [6, 6.07) is 21.9. The van der Waals surface area contributed by atoms with Gasteiger partial charge in [0.25, 0.3) is 0 Å². The van der Waals surface area contributed by atoms with Crippen LogP contribution in [0.3, 0.4) is 0 Å². The van der Waals surface area contributed by atoms with E-state index in [1.807, 2.05) is 67.6 Å². The highest BCUT2D eigenvalue weighted by Gasteiger charge is 2.50. The van der Waals surface area contributed by atoms with Crippen LogP contribution in [0.2, 0.25) is 0 Å². The predicted octanol–water partition coefficient (Wildman–Crippen LogP) is 3.40. The van der Waals surface area contributed by atoms with Gasteiger partial charge in [-0.1, -0.05) is 60.2 Å². The summed E-state index contributed by atoms with van der Waals surface area (Å²) < 4.78 is 3.42. The van der Waals surface area contributed by atoms with Crippen molar-refractivity contribution < 1.29 is 4.79 Å². The van der Waals surface area contributed by atoms with Crippen LogP contribution in [0.5, 0.6) is 0 Å². The molecule has 2 aromatic carbocycles. The van der Waals surface area contributed by atoms with Crippen LogP contribution in [0.25, 0.3) is 11.2 Å². The maximum Gasteiger partial charge on any atom is 0.330 e. The van der Waals surface area contributed by atoms with Gasteiger partial charge in [-0.15, -0.1) is 0 Å². The van der Waals surface area contributed by atoms with Crippen molar-refractivity contribution >= 4 is 17.1 Å². The number of hydrogen-bond acceptors (Lipinski definition) is 3. The highest BCUT2D eigenvalue weighted by atomic mass is 16.2. The third kappa shape index (κ3) is 3.62. The summed E-state index contributed by atoms with van der Waals surface area (Å²) in [6.45, 7) is 3.29. The second-order valence-corrected chi connectivity index (χ2v) is 8.56. The van der Waals surface area contributed by atoms with Crippen molar-refractivity contribution in [2.75, 3.05) is 6.54 Å². The molecule has 1 aliphatic carbocycles. The van der Waals surface area contributed by atoms with Crippen LogP contribution in [0.15, 0.2) is 77.7 Å². The van der Waals surface area contributed by atoms with Crippen LogP contribution in [0, 0.1) is 6.92 Å². The zero-order chi connectivity index (χ0) is 22.1. The Labute approximate surface area is 186 Å². The molecule has 0 radical (unpaired) electrons. The van der Waals surface area contributed by atoms with Gasteiger partial charge in [0.1, 0.15) is 0 Å². The van der Waals surface area contributed by atoms with Crippen LogP contribution >= 0.6 is 0 Å².